The average molecular weight is 581 g/mol. The average Bonchev–Trinajstić information content (AvgIpc) is 2.98. The van der Waals surface area contributed by atoms with Crippen molar-refractivity contribution in [2.45, 2.75) is 62.2 Å². The van der Waals surface area contributed by atoms with Crippen LogP contribution in [-0.4, -0.2) is 50.0 Å². The summed E-state index contributed by atoms with van der Waals surface area (Å²) in [6, 6.07) is 17.8. The minimum Gasteiger partial charge on any atom is -0.481 e. The van der Waals surface area contributed by atoms with Crippen LogP contribution in [0.15, 0.2) is 71.9 Å². The molecule has 4 N–H and O–H groups in total. The Labute approximate surface area is 241 Å². The van der Waals surface area contributed by atoms with Crippen LogP contribution in [0.4, 0.5) is 5.69 Å². The highest BCUT2D eigenvalue weighted by molar-refractivity contribution is 7.99. The van der Waals surface area contributed by atoms with Gasteiger partial charge >= 0.3 is 11.9 Å². The molecule has 2 heterocycles. The maximum Gasteiger partial charge on any atom is 0.338 e. The van der Waals surface area contributed by atoms with Crippen LogP contribution >= 0.6 is 11.8 Å². The number of rotatable bonds is 13. The fraction of sp³-hybridized carbons (Fsp3) is 0.333. The highest BCUT2D eigenvalue weighted by Gasteiger charge is 2.32. The van der Waals surface area contributed by atoms with Crippen molar-refractivity contribution in [3.05, 3.63) is 89.1 Å². The Kier molecular flexibility index (Phi) is 10.9. The zero-order valence-electron chi connectivity index (χ0n) is 22.3. The minimum absolute atomic E-state index is 0.0397. The smallest absolute Gasteiger partial charge is 0.338 e. The first-order chi connectivity index (χ1) is 19.8. The fourth-order valence-electron chi connectivity index (χ4n) is 4.37. The molecule has 1 aliphatic heterocycles. The highest BCUT2D eigenvalue weighted by Crippen LogP contribution is 2.39. The van der Waals surface area contributed by atoms with Gasteiger partial charge in [-0.2, -0.15) is 0 Å². The number of nitrogens with zero attached hydrogens (tertiary/aromatic N) is 1. The van der Waals surface area contributed by atoms with Gasteiger partial charge in [-0.05, 0) is 48.2 Å². The van der Waals surface area contributed by atoms with Gasteiger partial charge in [0.1, 0.15) is 5.03 Å². The molecule has 0 saturated carbocycles. The fourth-order valence-corrected chi connectivity index (χ4v) is 5.38. The van der Waals surface area contributed by atoms with Crippen LogP contribution in [0.1, 0.15) is 71.5 Å². The van der Waals surface area contributed by atoms with E-state index in [-0.39, 0.29) is 43.1 Å². The van der Waals surface area contributed by atoms with Crippen molar-refractivity contribution in [1.29, 1.82) is 0 Å². The predicted molar refractivity (Wildman–Crippen MR) is 152 cm³/mol. The molecule has 41 heavy (non-hydrogen) atoms. The van der Waals surface area contributed by atoms with E-state index in [9.17, 15) is 24.6 Å². The number of pyridine rings is 1. The van der Waals surface area contributed by atoms with Gasteiger partial charge in [-0.1, -0.05) is 36.4 Å². The van der Waals surface area contributed by atoms with Gasteiger partial charge in [-0.3, -0.25) is 9.59 Å². The number of carbonyl (C=O) groups is 3. The van der Waals surface area contributed by atoms with E-state index in [1.165, 1.54) is 17.8 Å². The highest BCUT2D eigenvalue weighted by atomic mass is 32.2. The lowest BCUT2D eigenvalue weighted by molar-refractivity contribution is -0.245. The van der Waals surface area contributed by atoms with E-state index in [0.29, 0.717) is 35.7 Å². The molecule has 4 rings (SSSR count). The first-order valence-corrected chi connectivity index (χ1v) is 14.2. The maximum absolute atomic E-state index is 12.2. The van der Waals surface area contributed by atoms with E-state index in [2.05, 4.69) is 10.3 Å². The van der Waals surface area contributed by atoms with Gasteiger partial charge in [0.05, 0.1) is 24.4 Å². The lowest BCUT2D eigenvalue weighted by Crippen LogP contribution is -2.31. The van der Waals surface area contributed by atoms with Crippen LogP contribution in [0.2, 0.25) is 0 Å². The Morgan fingerprint density at radius 3 is 2.32 bits per heavy atom. The summed E-state index contributed by atoms with van der Waals surface area (Å²) in [6.07, 6.45) is 2.01. The number of anilines is 1. The van der Waals surface area contributed by atoms with Gasteiger partial charge in [0, 0.05) is 42.5 Å². The Morgan fingerprint density at radius 1 is 0.927 bits per heavy atom. The number of benzene rings is 2. The lowest BCUT2D eigenvalue weighted by Gasteiger charge is -2.36. The van der Waals surface area contributed by atoms with Crippen LogP contribution in [0.25, 0.3) is 0 Å². The van der Waals surface area contributed by atoms with Gasteiger partial charge in [0.15, 0.2) is 6.29 Å². The third-order valence-electron chi connectivity index (χ3n) is 6.53. The molecule has 10 nitrogen and oxygen atoms in total. The standard InChI is InChI=1S/C30H32N2O8S/c33-17-19-7-9-20(10-8-19)25-16-23(18-41-28-24(29(37)38)4-3-15-31-28)39-30(40-25)21-11-13-22(14-12-21)32-26(34)5-1-2-6-27(35)36/h3-4,7-15,23,25,30,33H,1-2,5-6,16-18H2,(H,32,34)(H,35,36)(H,37,38)/t23-,25+,30+/m1/s1. The SMILES string of the molecule is O=C(O)CCCCC(=O)Nc1ccc([C@H]2O[C@@H](CSc3ncccc3C(=O)O)C[C@@H](c3ccc(CO)cc3)O2)cc1. The number of aromatic nitrogens is 1. The number of carbonyl (C=O) groups excluding carboxylic acids is 1. The Morgan fingerprint density at radius 2 is 1.63 bits per heavy atom. The Hall–Kier alpha value is -3.77. The summed E-state index contributed by atoms with van der Waals surface area (Å²) in [5, 5.41) is 30.9. The van der Waals surface area contributed by atoms with Crippen LogP contribution in [0.5, 0.6) is 0 Å². The summed E-state index contributed by atoms with van der Waals surface area (Å²) >= 11 is 1.32. The number of amides is 1. The van der Waals surface area contributed by atoms with Crippen LogP contribution in [0.3, 0.4) is 0 Å². The summed E-state index contributed by atoms with van der Waals surface area (Å²) in [5.74, 6) is -1.65. The Balaban J connectivity index is 1.45. The minimum atomic E-state index is -1.04. The van der Waals surface area contributed by atoms with Crippen molar-refractivity contribution in [3.8, 4) is 0 Å². The van der Waals surface area contributed by atoms with Crippen LogP contribution in [-0.2, 0) is 25.7 Å². The normalized spacial score (nSPS) is 18.5. The first-order valence-electron chi connectivity index (χ1n) is 13.3. The van der Waals surface area contributed by atoms with Crippen LogP contribution in [0, 0.1) is 0 Å². The zero-order valence-corrected chi connectivity index (χ0v) is 23.1. The van der Waals surface area contributed by atoms with Crippen molar-refractivity contribution in [2.75, 3.05) is 11.1 Å². The van der Waals surface area contributed by atoms with Crippen molar-refractivity contribution in [2.24, 2.45) is 0 Å². The van der Waals surface area contributed by atoms with Crippen molar-refractivity contribution in [1.82, 2.24) is 4.98 Å². The van der Waals surface area contributed by atoms with E-state index >= 15 is 0 Å². The summed E-state index contributed by atoms with van der Waals surface area (Å²) < 4.78 is 12.6. The molecule has 3 aromatic rings. The number of ether oxygens (including phenoxy) is 2. The lowest BCUT2D eigenvalue weighted by atomic mass is 10.0. The van der Waals surface area contributed by atoms with Gasteiger partial charge in [-0.15, -0.1) is 11.8 Å². The molecular weight excluding hydrogens is 548 g/mol. The molecule has 216 valence electrons. The zero-order chi connectivity index (χ0) is 29.2. The van der Waals surface area contributed by atoms with E-state index < -0.39 is 18.2 Å². The molecule has 1 fully saturated rings. The molecule has 3 atom stereocenters. The van der Waals surface area contributed by atoms with Crippen LogP contribution < -0.4 is 5.32 Å². The quantitative estimate of drug-likeness (QED) is 0.157. The second-order valence-corrected chi connectivity index (χ2v) is 10.6. The number of unbranched alkanes of at least 4 members (excludes halogenated alkanes) is 1. The molecular formula is C30H32N2O8S. The third-order valence-corrected chi connectivity index (χ3v) is 7.67. The largest absolute Gasteiger partial charge is 0.481 e. The second kappa shape index (κ2) is 14.7. The number of carboxylic acids is 2. The number of hydrogen-bond acceptors (Lipinski definition) is 8. The molecule has 1 saturated heterocycles. The number of thioether (sulfide) groups is 1. The van der Waals surface area contributed by atoms with Crippen molar-refractivity contribution < 1.29 is 39.2 Å². The van der Waals surface area contributed by atoms with E-state index in [0.717, 1.165) is 16.7 Å². The maximum atomic E-state index is 12.2. The number of nitrogens with one attached hydrogen (secondary N) is 1. The molecule has 1 amide bonds. The number of hydrogen-bond donors (Lipinski definition) is 4. The van der Waals surface area contributed by atoms with Gasteiger partial charge in [0.2, 0.25) is 5.91 Å². The molecule has 11 heteroatoms. The number of aliphatic carboxylic acids is 1. The molecule has 2 aromatic carbocycles. The van der Waals surface area contributed by atoms with Crippen molar-refractivity contribution >= 4 is 35.3 Å². The molecule has 1 aliphatic rings. The third kappa shape index (κ3) is 8.86. The number of aliphatic hydroxyl groups excluding tert-OH is 1. The van der Waals surface area contributed by atoms with E-state index in [4.69, 9.17) is 14.6 Å². The second-order valence-electron chi connectivity index (χ2n) is 9.59. The summed E-state index contributed by atoms with van der Waals surface area (Å²) in [5.41, 5.74) is 3.21. The van der Waals surface area contributed by atoms with E-state index in [1.807, 2.05) is 36.4 Å². The van der Waals surface area contributed by atoms with Crippen molar-refractivity contribution in [3.63, 3.8) is 0 Å². The molecule has 0 aliphatic carbocycles. The number of carboxylic acid groups (broad SMARTS) is 2. The van der Waals surface area contributed by atoms with Gasteiger partial charge < -0.3 is 30.1 Å². The monoisotopic (exact) mass is 580 g/mol. The summed E-state index contributed by atoms with van der Waals surface area (Å²) in [6.45, 7) is -0.0575. The molecule has 0 unspecified atom stereocenters. The topological polar surface area (TPSA) is 155 Å². The Bertz CT molecular complexity index is 1330. The summed E-state index contributed by atoms with van der Waals surface area (Å²) in [4.78, 5) is 38.7. The molecule has 0 bridgehead atoms. The molecule has 1 aromatic heterocycles. The van der Waals surface area contributed by atoms with Gasteiger partial charge in [0.25, 0.3) is 0 Å². The first kappa shape index (κ1) is 30.2. The summed E-state index contributed by atoms with van der Waals surface area (Å²) in [7, 11) is 0. The number of aliphatic hydroxyl groups is 1. The number of aromatic carboxylic acids is 1. The molecule has 0 spiro atoms. The van der Waals surface area contributed by atoms with Gasteiger partial charge in [-0.25, -0.2) is 9.78 Å². The predicted octanol–water partition coefficient (Wildman–Crippen LogP) is 5.19. The molecule has 0 radical (unpaired) electrons. The van der Waals surface area contributed by atoms with E-state index in [1.54, 1.807) is 24.4 Å².